The van der Waals surface area contributed by atoms with E-state index >= 15 is 0 Å². The number of hydrogen-bond acceptors (Lipinski definition) is 2. The lowest BCUT2D eigenvalue weighted by Crippen LogP contribution is -1.95. The van der Waals surface area contributed by atoms with E-state index in [9.17, 15) is 5.11 Å². The van der Waals surface area contributed by atoms with E-state index in [1.165, 1.54) is 0 Å². The molecule has 0 bridgehead atoms. The number of hydrogen-bond donors (Lipinski definition) is 2. The molecule has 0 spiro atoms. The number of nitrogens with zero attached hydrogens (tertiary/aromatic N) is 1. The molecule has 0 fully saturated rings. The highest BCUT2D eigenvalue weighted by Gasteiger charge is 2.01. The van der Waals surface area contributed by atoms with Crippen molar-refractivity contribution in [2.45, 2.75) is 38.8 Å². The van der Waals surface area contributed by atoms with Crippen molar-refractivity contribution in [2.24, 2.45) is 0 Å². The van der Waals surface area contributed by atoms with E-state index in [0.29, 0.717) is 0 Å². The van der Waals surface area contributed by atoms with Crippen molar-refractivity contribution < 1.29 is 10.2 Å². The average Bonchev–Trinajstić information content (AvgIpc) is 2.61. The van der Waals surface area contributed by atoms with Crippen LogP contribution in [-0.2, 0) is 6.54 Å². The summed E-state index contributed by atoms with van der Waals surface area (Å²) in [4.78, 5) is 0. The summed E-state index contributed by atoms with van der Waals surface area (Å²) in [7, 11) is 0. The zero-order valence-corrected chi connectivity index (χ0v) is 8.69. The summed E-state index contributed by atoms with van der Waals surface area (Å²) < 4.78 is 2.08. The van der Waals surface area contributed by atoms with Crippen molar-refractivity contribution in [3.05, 3.63) is 24.0 Å². The first-order valence-electron chi connectivity index (χ1n) is 5.18. The molecule has 80 valence electrons. The van der Waals surface area contributed by atoms with Gasteiger partial charge in [-0.2, -0.15) is 0 Å². The summed E-state index contributed by atoms with van der Waals surface area (Å²) in [5.41, 5.74) is 0.965. The number of rotatable bonds is 6. The van der Waals surface area contributed by atoms with Crippen LogP contribution in [0.1, 0.15) is 37.9 Å². The lowest BCUT2D eigenvalue weighted by Gasteiger charge is -2.02. The number of aromatic nitrogens is 1. The Morgan fingerprint density at radius 3 is 2.71 bits per heavy atom. The van der Waals surface area contributed by atoms with Crippen LogP contribution in [0.5, 0.6) is 0 Å². The molecule has 3 heteroatoms. The molecule has 1 unspecified atom stereocenters. The monoisotopic (exact) mass is 197 g/mol. The first-order valence-corrected chi connectivity index (χ1v) is 5.18. The molecule has 0 aromatic carbocycles. The Labute approximate surface area is 85.0 Å². The van der Waals surface area contributed by atoms with Crippen LogP contribution in [0.15, 0.2) is 18.5 Å². The molecule has 0 aliphatic carbocycles. The third kappa shape index (κ3) is 3.52. The highest BCUT2D eigenvalue weighted by Crippen LogP contribution is 2.12. The summed E-state index contributed by atoms with van der Waals surface area (Å²) >= 11 is 0. The normalized spacial score (nSPS) is 13.1. The van der Waals surface area contributed by atoms with Gasteiger partial charge in [-0.15, -0.1) is 0 Å². The van der Waals surface area contributed by atoms with Crippen molar-refractivity contribution in [3.8, 4) is 0 Å². The van der Waals surface area contributed by atoms with E-state index in [4.69, 9.17) is 5.11 Å². The van der Waals surface area contributed by atoms with Crippen LogP contribution in [0, 0.1) is 0 Å². The van der Waals surface area contributed by atoms with Crippen LogP contribution >= 0.6 is 0 Å². The molecule has 0 saturated heterocycles. The maximum Gasteiger partial charge on any atom is 0.0776 e. The van der Waals surface area contributed by atoms with E-state index in [1.54, 1.807) is 6.92 Å². The van der Waals surface area contributed by atoms with Crippen LogP contribution in [0.2, 0.25) is 0 Å². The fourth-order valence-corrected chi connectivity index (χ4v) is 1.43. The molecule has 0 amide bonds. The van der Waals surface area contributed by atoms with Crippen molar-refractivity contribution in [1.82, 2.24) is 4.57 Å². The maximum atomic E-state index is 9.30. The Balaban J connectivity index is 2.29. The molecule has 14 heavy (non-hydrogen) atoms. The van der Waals surface area contributed by atoms with Gasteiger partial charge in [0.15, 0.2) is 0 Å². The first kappa shape index (κ1) is 11.3. The van der Waals surface area contributed by atoms with Gasteiger partial charge in [-0.3, -0.25) is 0 Å². The van der Waals surface area contributed by atoms with E-state index in [2.05, 4.69) is 4.57 Å². The molecule has 1 heterocycles. The second kappa shape index (κ2) is 5.83. The van der Waals surface area contributed by atoms with Gasteiger partial charge >= 0.3 is 0 Å². The summed E-state index contributed by atoms with van der Waals surface area (Å²) in [6.07, 6.45) is 6.59. The Hall–Kier alpha value is -0.800. The molecular formula is C11H19NO2. The van der Waals surface area contributed by atoms with Gasteiger partial charge in [0.25, 0.3) is 0 Å². The SMILES string of the molecule is CC(O)c1ccn(CCCCCO)c1. The van der Waals surface area contributed by atoms with Crippen LogP contribution in [0.3, 0.4) is 0 Å². The van der Waals surface area contributed by atoms with E-state index in [0.717, 1.165) is 31.4 Å². The fourth-order valence-electron chi connectivity index (χ4n) is 1.43. The van der Waals surface area contributed by atoms with Crippen molar-refractivity contribution in [2.75, 3.05) is 6.61 Å². The van der Waals surface area contributed by atoms with Crippen LogP contribution in [0.25, 0.3) is 0 Å². The first-order chi connectivity index (χ1) is 6.74. The zero-order chi connectivity index (χ0) is 10.4. The van der Waals surface area contributed by atoms with Gasteiger partial charge in [0.05, 0.1) is 6.10 Å². The van der Waals surface area contributed by atoms with E-state index in [1.807, 2.05) is 18.5 Å². The second-order valence-corrected chi connectivity index (χ2v) is 3.64. The molecule has 0 saturated carbocycles. The van der Waals surface area contributed by atoms with Gasteiger partial charge in [-0.1, -0.05) is 0 Å². The number of aliphatic hydroxyl groups is 2. The summed E-state index contributed by atoms with van der Waals surface area (Å²) in [6.45, 7) is 3.02. The van der Waals surface area contributed by atoms with Crippen LogP contribution in [0.4, 0.5) is 0 Å². The molecule has 1 aromatic rings. The minimum atomic E-state index is -0.381. The second-order valence-electron chi connectivity index (χ2n) is 3.64. The van der Waals surface area contributed by atoms with Crippen LogP contribution in [-0.4, -0.2) is 21.4 Å². The van der Waals surface area contributed by atoms with Crippen molar-refractivity contribution in [3.63, 3.8) is 0 Å². The Morgan fingerprint density at radius 1 is 1.36 bits per heavy atom. The van der Waals surface area contributed by atoms with Gasteiger partial charge in [-0.05, 0) is 37.8 Å². The smallest absolute Gasteiger partial charge is 0.0776 e. The van der Waals surface area contributed by atoms with Gasteiger partial charge in [0.2, 0.25) is 0 Å². The van der Waals surface area contributed by atoms with Gasteiger partial charge in [-0.25, -0.2) is 0 Å². The molecule has 2 N–H and O–H groups in total. The average molecular weight is 197 g/mol. The zero-order valence-electron chi connectivity index (χ0n) is 8.69. The molecule has 1 rings (SSSR count). The van der Waals surface area contributed by atoms with Crippen molar-refractivity contribution in [1.29, 1.82) is 0 Å². The molecule has 3 nitrogen and oxygen atoms in total. The Bertz CT molecular complexity index is 256. The Kier molecular flexibility index (Phi) is 4.70. The predicted molar refractivity (Wildman–Crippen MR) is 56.0 cm³/mol. The maximum absolute atomic E-state index is 9.30. The summed E-state index contributed by atoms with van der Waals surface area (Å²) in [5, 5.41) is 17.9. The molecule has 1 aromatic heterocycles. The van der Waals surface area contributed by atoms with Gasteiger partial charge in [0, 0.05) is 25.5 Å². The van der Waals surface area contributed by atoms with Gasteiger partial charge < -0.3 is 14.8 Å². The van der Waals surface area contributed by atoms with E-state index < -0.39 is 0 Å². The topological polar surface area (TPSA) is 45.4 Å². The number of aryl methyl sites for hydroxylation is 1. The molecule has 0 radical (unpaired) electrons. The van der Waals surface area contributed by atoms with Gasteiger partial charge in [0.1, 0.15) is 0 Å². The Morgan fingerprint density at radius 2 is 2.14 bits per heavy atom. The molecule has 0 aliphatic heterocycles. The highest BCUT2D eigenvalue weighted by atomic mass is 16.3. The predicted octanol–water partition coefficient (Wildman–Crippen LogP) is 1.70. The quantitative estimate of drug-likeness (QED) is 0.682. The largest absolute Gasteiger partial charge is 0.396 e. The van der Waals surface area contributed by atoms with Crippen LogP contribution < -0.4 is 0 Å². The molecular weight excluding hydrogens is 178 g/mol. The third-order valence-electron chi connectivity index (χ3n) is 2.33. The summed E-state index contributed by atoms with van der Waals surface area (Å²) in [5.74, 6) is 0. The summed E-state index contributed by atoms with van der Waals surface area (Å²) in [6, 6.07) is 1.94. The minimum Gasteiger partial charge on any atom is -0.396 e. The van der Waals surface area contributed by atoms with Crippen molar-refractivity contribution >= 4 is 0 Å². The fraction of sp³-hybridized carbons (Fsp3) is 0.636. The highest BCUT2D eigenvalue weighted by molar-refractivity contribution is 5.12. The lowest BCUT2D eigenvalue weighted by atomic mass is 10.2. The number of aliphatic hydroxyl groups excluding tert-OH is 2. The minimum absolute atomic E-state index is 0.282. The molecule has 1 atom stereocenters. The third-order valence-corrected chi connectivity index (χ3v) is 2.33. The number of unbranched alkanes of at least 4 members (excludes halogenated alkanes) is 2. The standard InChI is InChI=1S/C11H19NO2/c1-10(14)11-5-7-12(9-11)6-3-2-4-8-13/h5,7,9-10,13-14H,2-4,6,8H2,1H3. The lowest BCUT2D eigenvalue weighted by molar-refractivity contribution is 0.199. The molecule has 0 aliphatic rings. The van der Waals surface area contributed by atoms with E-state index in [-0.39, 0.29) is 12.7 Å².